The predicted octanol–water partition coefficient (Wildman–Crippen LogP) is 0.899. The van der Waals surface area contributed by atoms with Crippen LogP contribution >= 0.6 is 0 Å². The number of hydrogen-bond donors (Lipinski definition) is 1. The van der Waals surface area contributed by atoms with Crippen molar-refractivity contribution < 1.29 is 9.25 Å². The van der Waals surface area contributed by atoms with Crippen LogP contribution in [0.5, 0.6) is 6.01 Å². The number of oxime groups is 1. The first kappa shape index (κ1) is 15.4. The molecular weight excluding hydrogens is 300 g/mol. The molecule has 0 amide bonds. The van der Waals surface area contributed by atoms with Gasteiger partial charge in [0.05, 0.1) is 5.71 Å². The zero-order chi connectivity index (χ0) is 16.4. The second-order valence-corrected chi connectivity index (χ2v) is 5.55. The van der Waals surface area contributed by atoms with Crippen LogP contribution in [0.25, 0.3) is 11.1 Å². The van der Waals surface area contributed by atoms with Crippen LogP contribution in [0, 0.1) is 0 Å². The molecule has 122 valence electrons. The number of fused-ring (bicyclic) bond motifs is 1. The molecule has 0 saturated carbocycles. The summed E-state index contributed by atoms with van der Waals surface area (Å²) in [7, 11) is 2.05. The summed E-state index contributed by atoms with van der Waals surface area (Å²) in [5.74, 6) is 0. The van der Waals surface area contributed by atoms with Crippen molar-refractivity contribution in [1.29, 1.82) is 0 Å². The van der Waals surface area contributed by atoms with Crippen molar-refractivity contribution in [3.8, 4) is 6.01 Å². The zero-order valence-electron chi connectivity index (χ0n) is 13.1. The third kappa shape index (κ3) is 3.31. The Morgan fingerprint density at radius 1 is 1.39 bits per heavy atom. The number of nitrogens with one attached hydrogen (secondary N) is 1. The highest BCUT2D eigenvalue weighted by Gasteiger charge is 2.14. The number of likely N-dealkylation sites (tertiary alicyclic amines) is 1. The molecule has 0 bridgehead atoms. The summed E-state index contributed by atoms with van der Waals surface area (Å²) in [6.07, 6.45) is 2.15. The third-order valence-electron chi connectivity index (χ3n) is 3.88. The Labute approximate surface area is 131 Å². The van der Waals surface area contributed by atoms with Crippen LogP contribution in [0.3, 0.4) is 0 Å². The maximum Gasteiger partial charge on any atom is 0.337 e. The fourth-order valence-corrected chi connectivity index (χ4v) is 2.53. The number of hydrogen-bond acceptors (Lipinski definition) is 7. The molecule has 8 nitrogen and oxygen atoms in total. The van der Waals surface area contributed by atoms with E-state index in [1.807, 2.05) is 14.0 Å². The minimum atomic E-state index is -0.542. The number of H-pyrrole nitrogens is 1. The smallest absolute Gasteiger partial charge is 0.337 e. The van der Waals surface area contributed by atoms with E-state index in [1.54, 1.807) is 0 Å². The average molecular weight is 318 g/mol. The molecule has 23 heavy (non-hydrogen) atoms. The molecule has 0 aromatic carbocycles. The van der Waals surface area contributed by atoms with Gasteiger partial charge in [0.15, 0.2) is 0 Å². The topological polar surface area (TPSA) is 101 Å². The minimum Gasteiger partial charge on any atom is -0.403 e. The van der Waals surface area contributed by atoms with Gasteiger partial charge in [-0.25, -0.2) is 4.79 Å². The zero-order valence-corrected chi connectivity index (χ0v) is 13.1. The first-order valence-corrected chi connectivity index (χ1v) is 7.55. The summed E-state index contributed by atoms with van der Waals surface area (Å²) in [6, 6.07) is 1.23. The SMILES string of the molecule is CCc1cc(=O)oc2nc(ON=C3CCN(C)CC3)[nH]c(=O)c12. The van der Waals surface area contributed by atoms with Gasteiger partial charge < -0.3 is 14.2 Å². The highest BCUT2D eigenvalue weighted by molar-refractivity contribution is 5.85. The molecule has 1 aliphatic heterocycles. The van der Waals surface area contributed by atoms with Crippen molar-refractivity contribution in [1.82, 2.24) is 14.9 Å². The van der Waals surface area contributed by atoms with Crippen LogP contribution in [0.2, 0.25) is 0 Å². The Bertz CT molecular complexity index is 858. The third-order valence-corrected chi connectivity index (χ3v) is 3.88. The summed E-state index contributed by atoms with van der Waals surface area (Å²) in [5, 5.41) is 4.31. The van der Waals surface area contributed by atoms with Crippen LogP contribution < -0.4 is 16.0 Å². The molecular formula is C15H18N4O4. The van der Waals surface area contributed by atoms with Crippen molar-refractivity contribution >= 4 is 16.8 Å². The van der Waals surface area contributed by atoms with Crippen LogP contribution in [0.4, 0.5) is 0 Å². The summed E-state index contributed by atoms with van der Waals surface area (Å²) >= 11 is 0. The van der Waals surface area contributed by atoms with Crippen molar-refractivity contribution in [3.05, 3.63) is 32.4 Å². The van der Waals surface area contributed by atoms with Gasteiger partial charge in [-0.1, -0.05) is 12.1 Å². The van der Waals surface area contributed by atoms with E-state index in [9.17, 15) is 9.59 Å². The molecule has 3 heterocycles. The lowest BCUT2D eigenvalue weighted by Gasteiger charge is -2.22. The molecule has 0 atom stereocenters. The molecule has 0 unspecified atom stereocenters. The molecule has 1 aliphatic rings. The van der Waals surface area contributed by atoms with E-state index in [2.05, 4.69) is 20.0 Å². The molecule has 0 radical (unpaired) electrons. The highest BCUT2D eigenvalue weighted by Crippen LogP contribution is 2.14. The van der Waals surface area contributed by atoms with Gasteiger partial charge in [-0.05, 0) is 19.0 Å². The van der Waals surface area contributed by atoms with Gasteiger partial charge in [0.25, 0.3) is 5.56 Å². The average Bonchev–Trinajstić information content (AvgIpc) is 2.53. The van der Waals surface area contributed by atoms with Gasteiger partial charge >= 0.3 is 11.6 Å². The Morgan fingerprint density at radius 2 is 2.13 bits per heavy atom. The van der Waals surface area contributed by atoms with Gasteiger partial charge in [-0.2, -0.15) is 4.98 Å². The van der Waals surface area contributed by atoms with Crippen LogP contribution in [-0.2, 0) is 6.42 Å². The van der Waals surface area contributed by atoms with Crippen molar-refractivity contribution in [2.24, 2.45) is 5.16 Å². The van der Waals surface area contributed by atoms with Crippen LogP contribution in [0.1, 0.15) is 25.3 Å². The first-order valence-electron chi connectivity index (χ1n) is 7.55. The molecule has 1 fully saturated rings. The number of piperidine rings is 1. The Balaban J connectivity index is 1.92. The fraction of sp³-hybridized carbons (Fsp3) is 0.467. The van der Waals surface area contributed by atoms with E-state index in [-0.39, 0.29) is 17.1 Å². The van der Waals surface area contributed by atoms with E-state index >= 15 is 0 Å². The van der Waals surface area contributed by atoms with Gasteiger partial charge in [-0.3, -0.25) is 9.78 Å². The van der Waals surface area contributed by atoms with E-state index in [0.29, 0.717) is 12.0 Å². The molecule has 3 rings (SSSR count). The molecule has 8 heteroatoms. The van der Waals surface area contributed by atoms with E-state index in [4.69, 9.17) is 9.25 Å². The summed E-state index contributed by atoms with van der Waals surface area (Å²) in [4.78, 5) is 37.7. The minimum absolute atomic E-state index is 0.0309. The fourth-order valence-electron chi connectivity index (χ4n) is 2.53. The lowest BCUT2D eigenvalue weighted by Crippen LogP contribution is -2.30. The number of aryl methyl sites for hydroxylation is 1. The lowest BCUT2D eigenvalue weighted by atomic mass is 10.1. The Morgan fingerprint density at radius 3 is 2.83 bits per heavy atom. The van der Waals surface area contributed by atoms with Crippen molar-refractivity contribution in [2.45, 2.75) is 26.2 Å². The van der Waals surface area contributed by atoms with Gasteiger partial charge in [-0.15, -0.1) is 0 Å². The van der Waals surface area contributed by atoms with Gasteiger partial charge in [0, 0.05) is 32.0 Å². The van der Waals surface area contributed by atoms with E-state index in [1.165, 1.54) is 6.07 Å². The second kappa shape index (κ2) is 6.33. The lowest BCUT2D eigenvalue weighted by molar-refractivity contribution is 0.293. The van der Waals surface area contributed by atoms with E-state index in [0.717, 1.165) is 31.6 Å². The van der Waals surface area contributed by atoms with Crippen LogP contribution in [0.15, 0.2) is 25.2 Å². The number of rotatable bonds is 3. The second-order valence-electron chi connectivity index (χ2n) is 5.55. The quantitative estimate of drug-likeness (QED) is 0.844. The molecule has 0 aliphatic carbocycles. The molecule has 2 aromatic rings. The normalized spacial score (nSPS) is 15.8. The van der Waals surface area contributed by atoms with E-state index < -0.39 is 11.2 Å². The van der Waals surface area contributed by atoms with Crippen LogP contribution in [-0.4, -0.2) is 40.7 Å². The molecule has 2 aromatic heterocycles. The maximum absolute atomic E-state index is 12.2. The first-order chi connectivity index (χ1) is 11.1. The number of aromatic amines is 1. The highest BCUT2D eigenvalue weighted by atomic mass is 16.6. The van der Waals surface area contributed by atoms with Gasteiger partial charge in [0.2, 0.25) is 5.71 Å². The van der Waals surface area contributed by atoms with Crippen molar-refractivity contribution in [3.63, 3.8) is 0 Å². The maximum atomic E-state index is 12.2. The number of aromatic nitrogens is 2. The molecule has 1 N–H and O–H groups in total. The Hall–Kier alpha value is -2.48. The van der Waals surface area contributed by atoms with Crippen molar-refractivity contribution in [2.75, 3.05) is 20.1 Å². The molecule has 0 spiro atoms. The largest absolute Gasteiger partial charge is 0.403 e. The molecule has 1 saturated heterocycles. The monoisotopic (exact) mass is 318 g/mol. The summed E-state index contributed by atoms with van der Waals surface area (Å²) in [5.41, 5.74) is 0.527. The number of nitrogens with zero attached hydrogens (tertiary/aromatic N) is 3. The summed E-state index contributed by atoms with van der Waals surface area (Å²) < 4.78 is 5.01. The standard InChI is InChI=1S/C15H18N4O4/c1-3-9-8-11(20)22-14-12(9)13(21)16-15(17-14)23-18-10-4-6-19(2)7-5-10/h8H,3-7H2,1-2H3,(H,16,17,21). The predicted molar refractivity (Wildman–Crippen MR) is 85.1 cm³/mol. The Kier molecular flexibility index (Phi) is 4.24. The van der Waals surface area contributed by atoms with Gasteiger partial charge in [0.1, 0.15) is 5.39 Å². The summed E-state index contributed by atoms with van der Waals surface area (Å²) in [6.45, 7) is 3.68.